The lowest BCUT2D eigenvalue weighted by atomic mass is 10.2. The summed E-state index contributed by atoms with van der Waals surface area (Å²) in [5.74, 6) is 1.73. The van der Waals surface area contributed by atoms with Crippen LogP contribution in [0.4, 0.5) is 0 Å². The number of aromatic nitrogens is 2. The molecule has 1 heterocycles. The maximum Gasteiger partial charge on any atom is 0.111 e. The summed E-state index contributed by atoms with van der Waals surface area (Å²) < 4.78 is 2.33. The normalized spacial score (nSPS) is 11.6. The molecule has 4 heteroatoms. The zero-order chi connectivity index (χ0) is 13.8. The van der Waals surface area contributed by atoms with Gasteiger partial charge in [-0.15, -0.1) is 11.6 Å². The number of fused-ring (bicyclic) bond motifs is 1. The number of aryl methyl sites for hydroxylation is 3. The molecular weight excluding hydrogens is 258 g/mol. The molecule has 0 N–H and O–H groups in total. The second kappa shape index (κ2) is 6.40. The monoisotopic (exact) mass is 279 g/mol. The lowest BCUT2D eigenvalue weighted by Crippen LogP contribution is -2.16. The molecule has 0 amide bonds. The topological polar surface area (TPSA) is 21.1 Å². The summed E-state index contributed by atoms with van der Waals surface area (Å²) in [6.07, 6.45) is 1.96. The van der Waals surface area contributed by atoms with E-state index in [9.17, 15) is 0 Å². The second-order valence-electron chi connectivity index (χ2n) is 5.22. The minimum Gasteiger partial charge on any atom is -0.328 e. The summed E-state index contributed by atoms with van der Waals surface area (Å²) in [4.78, 5) is 6.98. The third-order valence-corrected chi connectivity index (χ3v) is 3.55. The minimum absolute atomic E-state index is 0.621. The summed E-state index contributed by atoms with van der Waals surface area (Å²) >= 11 is 5.90. The molecule has 19 heavy (non-hydrogen) atoms. The molecule has 0 unspecified atom stereocenters. The lowest BCUT2D eigenvalue weighted by Gasteiger charge is -2.12. The predicted octanol–water partition coefficient (Wildman–Crippen LogP) is 3.08. The van der Waals surface area contributed by atoms with Crippen molar-refractivity contribution in [3.8, 4) is 0 Å². The molecule has 104 valence electrons. The van der Waals surface area contributed by atoms with E-state index in [1.807, 2.05) is 0 Å². The number of hydrogen-bond donors (Lipinski definition) is 0. The summed E-state index contributed by atoms with van der Waals surface area (Å²) in [7, 11) is 4.21. The Morgan fingerprint density at radius 2 is 2.11 bits per heavy atom. The number of alkyl halides is 1. The van der Waals surface area contributed by atoms with Crippen molar-refractivity contribution in [2.75, 3.05) is 26.5 Å². The van der Waals surface area contributed by atoms with E-state index in [0.717, 1.165) is 37.3 Å². The van der Waals surface area contributed by atoms with Crippen LogP contribution in [0.2, 0.25) is 0 Å². The van der Waals surface area contributed by atoms with Gasteiger partial charge in [0.1, 0.15) is 5.82 Å². The molecule has 0 aliphatic rings. The van der Waals surface area contributed by atoms with Crippen molar-refractivity contribution in [2.45, 2.75) is 26.3 Å². The standard InChI is InChI=1S/C15H22ClN3/c1-12-6-4-7-13-15(12)17-14(8-9-16)19(13)11-5-10-18(2)3/h4,6-7H,5,8-11H2,1-3H3. The molecule has 0 atom stereocenters. The van der Waals surface area contributed by atoms with Crippen LogP contribution in [-0.2, 0) is 13.0 Å². The van der Waals surface area contributed by atoms with Crippen molar-refractivity contribution in [1.82, 2.24) is 14.5 Å². The van der Waals surface area contributed by atoms with Crippen LogP contribution >= 0.6 is 11.6 Å². The Morgan fingerprint density at radius 1 is 1.32 bits per heavy atom. The minimum atomic E-state index is 0.621. The van der Waals surface area contributed by atoms with E-state index in [2.05, 4.69) is 48.7 Å². The second-order valence-corrected chi connectivity index (χ2v) is 5.60. The van der Waals surface area contributed by atoms with Gasteiger partial charge in [0, 0.05) is 18.8 Å². The fraction of sp³-hybridized carbons (Fsp3) is 0.533. The Labute approximate surface area is 120 Å². The first-order chi connectivity index (χ1) is 9.13. The molecule has 0 saturated heterocycles. The van der Waals surface area contributed by atoms with Gasteiger partial charge in [-0.05, 0) is 45.6 Å². The van der Waals surface area contributed by atoms with Gasteiger partial charge in [-0.2, -0.15) is 0 Å². The molecule has 1 aromatic heterocycles. The third-order valence-electron chi connectivity index (χ3n) is 3.36. The SMILES string of the molecule is Cc1cccc2c1nc(CCCl)n2CCCN(C)C. The summed E-state index contributed by atoms with van der Waals surface area (Å²) in [5, 5.41) is 0. The van der Waals surface area contributed by atoms with Crippen LogP contribution in [0, 0.1) is 6.92 Å². The maximum atomic E-state index is 5.90. The van der Waals surface area contributed by atoms with Gasteiger partial charge in [0.25, 0.3) is 0 Å². The Morgan fingerprint density at radius 3 is 2.79 bits per heavy atom. The summed E-state index contributed by atoms with van der Waals surface area (Å²) in [6, 6.07) is 6.37. The smallest absolute Gasteiger partial charge is 0.111 e. The van der Waals surface area contributed by atoms with Gasteiger partial charge in [0.15, 0.2) is 0 Å². The zero-order valence-corrected chi connectivity index (χ0v) is 12.7. The molecule has 2 aromatic rings. The van der Waals surface area contributed by atoms with Crippen LogP contribution in [-0.4, -0.2) is 41.0 Å². The number of para-hydroxylation sites is 1. The van der Waals surface area contributed by atoms with Crippen molar-refractivity contribution in [3.63, 3.8) is 0 Å². The van der Waals surface area contributed by atoms with Crippen molar-refractivity contribution in [2.24, 2.45) is 0 Å². The van der Waals surface area contributed by atoms with Gasteiger partial charge < -0.3 is 9.47 Å². The quantitative estimate of drug-likeness (QED) is 0.758. The van der Waals surface area contributed by atoms with Crippen molar-refractivity contribution in [1.29, 1.82) is 0 Å². The fourth-order valence-electron chi connectivity index (χ4n) is 2.41. The van der Waals surface area contributed by atoms with Gasteiger partial charge in [-0.25, -0.2) is 4.98 Å². The molecule has 0 radical (unpaired) electrons. The largest absolute Gasteiger partial charge is 0.328 e. The van der Waals surface area contributed by atoms with E-state index in [1.165, 1.54) is 11.1 Å². The number of imidazole rings is 1. The van der Waals surface area contributed by atoms with E-state index in [0.29, 0.717) is 5.88 Å². The van der Waals surface area contributed by atoms with Gasteiger partial charge >= 0.3 is 0 Å². The van der Waals surface area contributed by atoms with Crippen molar-refractivity contribution in [3.05, 3.63) is 29.6 Å². The number of benzene rings is 1. The number of nitrogens with zero attached hydrogens (tertiary/aromatic N) is 3. The van der Waals surface area contributed by atoms with E-state index in [4.69, 9.17) is 16.6 Å². The van der Waals surface area contributed by atoms with Gasteiger partial charge in [-0.1, -0.05) is 12.1 Å². The molecule has 0 saturated carbocycles. The molecule has 1 aromatic carbocycles. The van der Waals surface area contributed by atoms with Crippen molar-refractivity contribution >= 4 is 22.6 Å². The first-order valence-electron chi connectivity index (χ1n) is 6.79. The van der Waals surface area contributed by atoms with Crippen LogP contribution in [0.15, 0.2) is 18.2 Å². The summed E-state index contributed by atoms with van der Waals surface area (Å²) in [5.41, 5.74) is 3.59. The van der Waals surface area contributed by atoms with Crippen LogP contribution in [0.1, 0.15) is 17.8 Å². The highest BCUT2D eigenvalue weighted by Gasteiger charge is 2.11. The first-order valence-corrected chi connectivity index (χ1v) is 7.32. The first kappa shape index (κ1) is 14.4. The highest BCUT2D eigenvalue weighted by atomic mass is 35.5. The number of hydrogen-bond acceptors (Lipinski definition) is 2. The number of rotatable bonds is 6. The van der Waals surface area contributed by atoms with Crippen LogP contribution in [0.3, 0.4) is 0 Å². The average Bonchev–Trinajstić information content (AvgIpc) is 2.70. The van der Waals surface area contributed by atoms with Gasteiger partial charge in [-0.3, -0.25) is 0 Å². The zero-order valence-electron chi connectivity index (χ0n) is 12.0. The van der Waals surface area contributed by atoms with Gasteiger partial charge in [0.2, 0.25) is 0 Å². The molecule has 2 rings (SSSR count). The van der Waals surface area contributed by atoms with E-state index < -0.39 is 0 Å². The Bertz CT molecular complexity index is 546. The Kier molecular flexibility index (Phi) is 4.83. The third kappa shape index (κ3) is 3.28. The highest BCUT2D eigenvalue weighted by molar-refractivity contribution is 6.17. The molecule has 0 aliphatic heterocycles. The predicted molar refractivity (Wildman–Crippen MR) is 82.1 cm³/mol. The van der Waals surface area contributed by atoms with E-state index in [-0.39, 0.29) is 0 Å². The lowest BCUT2D eigenvalue weighted by molar-refractivity contribution is 0.386. The molecular formula is C15H22ClN3. The fourth-order valence-corrected chi connectivity index (χ4v) is 2.57. The average molecular weight is 280 g/mol. The van der Waals surface area contributed by atoms with E-state index >= 15 is 0 Å². The van der Waals surface area contributed by atoms with Crippen LogP contribution in [0.5, 0.6) is 0 Å². The van der Waals surface area contributed by atoms with Crippen LogP contribution in [0.25, 0.3) is 11.0 Å². The molecule has 0 spiro atoms. The Hall–Kier alpha value is -1.06. The van der Waals surface area contributed by atoms with E-state index in [1.54, 1.807) is 0 Å². The highest BCUT2D eigenvalue weighted by Crippen LogP contribution is 2.20. The molecule has 0 aliphatic carbocycles. The molecule has 0 bridgehead atoms. The van der Waals surface area contributed by atoms with Crippen LogP contribution < -0.4 is 0 Å². The molecule has 3 nitrogen and oxygen atoms in total. The van der Waals surface area contributed by atoms with Gasteiger partial charge in [0.05, 0.1) is 11.0 Å². The maximum absolute atomic E-state index is 5.90. The molecule has 0 fully saturated rings. The summed E-state index contributed by atoms with van der Waals surface area (Å²) in [6.45, 7) is 4.21. The number of halogens is 1. The van der Waals surface area contributed by atoms with Crippen molar-refractivity contribution < 1.29 is 0 Å². The Balaban J connectivity index is 2.32.